The van der Waals surface area contributed by atoms with Crippen LogP contribution in [0.2, 0.25) is 0 Å². The van der Waals surface area contributed by atoms with E-state index in [9.17, 15) is 9.59 Å². The van der Waals surface area contributed by atoms with Crippen molar-refractivity contribution in [2.45, 2.75) is 58.8 Å². The maximum Gasteiger partial charge on any atom is 0.410 e. The average molecular weight is 657 g/mol. The molecular weight excluding hydrogens is 616 g/mol. The molecule has 49 heavy (non-hydrogen) atoms. The van der Waals surface area contributed by atoms with Crippen LogP contribution in [0, 0.1) is 0 Å². The van der Waals surface area contributed by atoms with Gasteiger partial charge in [-0.05, 0) is 45.9 Å². The summed E-state index contributed by atoms with van der Waals surface area (Å²) in [7, 11) is 0. The standard InChI is InChI=1S/C38H40N8O3/c1-2-3-19-35-41-46(25-12-24-44(26-29-13-6-4-7-14-29)38(48)49-28-31-15-8-5-9-16-31)37(47)45(35)27-30-20-22-32(23-21-30)33-17-10-11-18-34(33)36-39-42-43-40-36/h4-11,13-18,20-23H,2-3,12,19,24-28H2,1H3,(H,39,40,42,43). The molecule has 2 aromatic heterocycles. The Morgan fingerprint density at radius 3 is 2.20 bits per heavy atom. The van der Waals surface area contributed by atoms with Crippen molar-refractivity contribution in [2.75, 3.05) is 6.54 Å². The smallest absolute Gasteiger partial charge is 0.410 e. The molecule has 11 nitrogen and oxygen atoms in total. The van der Waals surface area contributed by atoms with Gasteiger partial charge in [-0.15, -0.1) is 10.2 Å². The summed E-state index contributed by atoms with van der Waals surface area (Å²) in [4.78, 5) is 28.6. The average Bonchev–Trinajstić information content (AvgIpc) is 3.79. The Morgan fingerprint density at radius 2 is 1.51 bits per heavy atom. The summed E-state index contributed by atoms with van der Waals surface area (Å²) in [6.07, 6.45) is 2.79. The number of nitrogens with one attached hydrogen (secondary N) is 1. The van der Waals surface area contributed by atoms with Gasteiger partial charge < -0.3 is 9.64 Å². The molecule has 0 saturated heterocycles. The summed E-state index contributed by atoms with van der Waals surface area (Å²) < 4.78 is 8.98. The molecule has 1 amide bonds. The van der Waals surface area contributed by atoms with Crippen LogP contribution in [0.15, 0.2) is 114 Å². The number of hydrogen-bond donors (Lipinski definition) is 1. The van der Waals surface area contributed by atoms with Gasteiger partial charge in [0, 0.05) is 31.6 Å². The second-order valence-corrected chi connectivity index (χ2v) is 11.9. The number of amides is 1. The first-order chi connectivity index (χ1) is 24.1. The minimum atomic E-state index is -0.391. The van der Waals surface area contributed by atoms with Gasteiger partial charge in [0.2, 0.25) is 5.82 Å². The maximum absolute atomic E-state index is 13.7. The second kappa shape index (κ2) is 16.3. The largest absolute Gasteiger partial charge is 0.445 e. The van der Waals surface area contributed by atoms with E-state index in [0.717, 1.165) is 52.0 Å². The minimum absolute atomic E-state index is 0.154. The lowest BCUT2D eigenvalue weighted by molar-refractivity contribution is 0.0926. The number of benzene rings is 4. The fraction of sp³-hybridized carbons (Fsp3) is 0.263. The first kappa shape index (κ1) is 33.1. The number of aryl methyl sites for hydroxylation is 2. The van der Waals surface area contributed by atoms with Crippen LogP contribution in [0.5, 0.6) is 0 Å². The lowest BCUT2D eigenvalue weighted by Gasteiger charge is -2.22. The van der Waals surface area contributed by atoms with Crippen LogP contribution in [0.1, 0.15) is 48.7 Å². The number of H-pyrrole nitrogens is 1. The predicted octanol–water partition coefficient (Wildman–Crippen LogP) is 6.51. The summed E-state index contributed by atoms with van der Waals surface area (Å²) >= 11 is 0. The van der Waals surface area contributed by atoms with Crippen LogP contribution in [0.25, 0.3) is 22.5 Å². The zero-order chi connectivity index (χ0) is 33.8. The van der Waals surface area contributed by atoms with Crippen molar-refractivity contribution in [1.29, 1.82) is 0 Å². The molecule has 4 aromatic carbocycles. The van der Waals surface area contributed by atoms with E-state index in [0.29, 0.717) is 44.8 Å². The van der Waals surface area contributed by atoms with Crippen molar-refractivity contribution in [1.82, 2.24) is 39.9 Å². The van der Waals surface area contributed by atoms with E-state index < -0.39 is 6.09 Å². The van der Waals surface area contributed by atoms with E-state index in [1.165, 1.54) is 4.68 Å². The molecule has 0 fully saturated rings. The Balaban J connectivity index is 1.15. The number of carbonyl (C=O) groups excluding carboxylic acids is 1. The first-order valence-corrected chi connectivity index (χ1v) is 16.7. The van der Waals surface area contributed by atoms with Crippen LogP contribution in [0.3, 0.4) is 0 Å². The van der Waals surface area contributed by atoms with Crippen LogP contribution in [0.4, 0.5) is 4.79 Å². The fourth-order valence-corrected chi connectivity index (χ4v) is 5.75. The topological polar surface area (TPSA) is 124 Å². The zero-order valence-corrected chi connectivity index (χ0v) is 27.6. The highest BCUT2D eigenvalue weighted by Gasteiger charge is 2.18. The zero-order valence-electron chi connectivity index (χ0n) is 27.6. The molecule has 0 radical (unpaired) electrons. The Hall–Kier alpha value is -5.84. The number of ether oxygens (including phenoxy) is 1. The molecule has 6 rings (SSSR count). The second-order valence-electron chi connectivity index (χ2n) is 11.9. The van der Waals surface area contributed by atoms with Crippen molar-refractivity contribution in [2.24, 2.45) is 0 Å². The molecule has 0 aliphatic rings. The molecule has 0 spiro atoms. The Bertz CT molecular complexity index is 1970. The minimum Gasteiger partial charge on any atom is -0.445 e. The van der Waals surface area contributed by atoms with Gasteiger partial charge in [0.1, 0.15) is 12.4 Å². The molecule has 11 heteroatoms. The van der Waals surface area contributed by atoms with Gasteiger partial charge in [-0.25, -0.2) is 14.3 Å². The van der Waals surface area contributed by atoms with E-state index in [1.54, 1.807) is 9.47 Å². The first-order valence-electron chi connectivity index (χ1n) is 16.7. The molecule has 250 valence electrons. The molecule has 0 saturated carbocycles. The number of aromatic nitrogens is 7. The molecule has 2 heterocycles. The van der Waals surface area contributed by atoms with Gasteiger partial charge in [-0.2, -0.15) is 10.3 Å². The molecule has 0 bridgehead atoms. The number of unbranched alkanes of at least 4 members (excludes halogenated alkanes) is 1. The highest BCUT2D eigenvalue weighted by Crippen LogP contribution is 2.29. The predicted molar refractivity (Wildman–Crippen MR) is 187 cm³/mol. The lowest BCUT2D eigenvalue weighted by atomic mass is 9.98. The van der Waals surface area contributed by atoms with Crippen molar-refractivity contribution < 1.29 is 9.53 Å². The van der Waals surface area contributed by atoms with Crippen LogP contribution in [-0.2, 0) is 37.4 Å². The summed E-state index contributed by atoms with van der Waals surface area (Å²) in [6, 6.07) is 35.6. The number of tetrazole rings is 1. The number of rotatable bonds is 15. The van der Waals surface area contributed by atoms with E-state index >= 15 is 0 Å². The third-order valence-electron chi connectivity index (χ3n) is 8.35. The van der Waals surface area contributed by atoms with E-state index in [-0.39, 0.29) is 12.3 Å². The Kier molecular flexibility index (Phi) is 11.0. The monoisotopic (exact) mass is 656 g/mol. The molecule has 0 aliphatic carbocycles. The Morgan fingerprint density at radius 1 is 0.816 bits per heavy atom. The van der Waals surface area contributed by atoms with E-state index in [4.69, 9.17) is 9.84 Å². The highest BCUT2D eigenvalue weighted by atomic mass is 16.6. The normalized spacial score (nSPS) is 11.0. The third-order valence-corrected chi connectivity index (χ3v) is 8.35. The number of hydrogen-bond acceptors (Lipinski definition) is 7. The van der Waals surface area contributed by atoms with Crippen LogP contribution >= 0.6 is 0 Å². The van der Waals surface area contributed by atoms with Crippen LogP contribution in [-0.4, -0.2) is 52.5 Å². The molecule has 1 N–H and O–H groups in total. The van der Waals surface area contributed by atoms with Gasteiger partial charge in [0.05, 0.1) is 6.54 Å². The number of carbonyl (C=O) groups is 1. The summed E-state index contributed by atoms with van der Waals surface area (Å²) in [5.41, 5.74) is 5.67. The highest BCUT2D eigenvalue weighted by molar-refractivity contribution is 5.80. The van der Waals surface area contributed by atoms with Gasteiger partial charge in [0.15, 0.2) is 0 Å². The van der Waals surface area contributed by atoms with Gasteiger partial charge in [-0.3, -0.25) is 4.57 Å². The third kappa shape index (κ3) is 8.55. The molecule has 0 unspecified atom stereocenters. The Labute approximate surface area is 285 Å². The van der Waals surface area contributed by atoms with Gasteiger partial charge in [0.25, 0.3) is 0 Å². The number of nitrogens with zero attached hydrogens (tertiary/aromatic N) is 7. The van der Waals surface area contributed by atoms with Crippen molar-refractivity contribution in [3.05, 3.63) is 142 Å². The van der Waals surface area contributed by atoms with Crippen molar-refractivity contribution >= 4 is 6.09 Å². The SMILES string of the molecule is CCCCc1nn(CCCN(Cc2ccccc2)C(=O)OCc2ccccc2)c(=O)n1Cc1ccc(-c2ccccc2-c2nn[nH]n2)cc1. The van der Waals surface area contributed by atoms with Crippen molar-refractivity contribution in [3.8, 4) is 22.5 Å². The lowest BCUT2D eigenvalue weighted by Crippen LogP contribution is -2.33. The van der Waals surface area contributed by atoms with Gasteiger partial charge >= 0.3 is 11.8 Å². The fourth-order valence-electron chi connectivity index (χ4n) is 5.75. The van der Waals surface area contributed by atoms with Crippen LogP contribution < -0.4 is 5.69 Å². The summed E-state index contributed by atoms with van der Waals surface area (Å²) in [5, 5.41) is 19.3. The molecular formula is C38H40N8O3. The van der Waals surface area contributed by atoms with E-state index in [1.807, 2.05) is 109 Å². The van der Waals surface area contributed by atoms with Gasteiger partial charge in [-0.1, -0.05) is 123 Å². The molecule has 6 aromatic rings. The maximum atomic E-state index is 13.7. The quantitative estimate of drug-likeness (QED) is 0.134. The molecule has 0 aliphatic heterocycles. The van der Waals surface area contributed by atoms with Crippen molar-refractivity contribution in [3.63, 3.8) is 0 Å². The summed E-state index contributed by atoms with van der Waals surface area (Å²) in [5.74, 6) is 1.30. The molecule has 0 atom stereocenters. The summed E-state index contributed by atoms with van der Waals surface area (Å²) in [6.45, 7) is 3.95. The number of aromatic amines is 1. The van der Waals surface area contributed by atoms with E-state index in [2.05, 4.69) is 27.5 Å².